The molecule has 0 fully saturated rings. The summed E-state index contributed by atoms with van der Waals surface area (Å²) in [5, 5.41) is 0. The van der Waals surface area contributed by atoms with Crippen molar-refractivity contribution in [1.82, 2.24) is 0 Å². The van der Waals surface area contributed by atoms with Gasteiger partial charge in [-0.25, -0.2) is 0 Å². The van der Waals surface area contributed by atoms with Gasteiger partial charge in [0, 0.05) is 12.1 Å². The molecule has 0 spiro atoms. The summed E-state index contributed by atoms with van der Waals surface area (Å²) in [6, 6.07) is 8.51. The van der Waals surface area contributed by atoms with Crippen molar-refractivity contribution < 1.29 is 0 Å². The monoisotopic (exact) mass is 239 g/mol. The Hall–Kier alpha value is -1.63. The van der Waals surface area contributed by atoms with Gasteiger partial charge in [-0.2, -0.15) is 0 Å². The molecule has 0 heterocycles. The summed E-state index contributed by atoms with van der Waals surface area (Å²) in [6.45, 7) is 8.54. The lowest BCUT2D eigenvalue weighted by molar-refractivity contribution is 0.586. The van der Waals surface area contributed by atoms with Crippen molar-refractivity contribution in [2.24, 2.45) is 4.99 Å². The van der Waals surface area contributed by atoms with Crippen LogP contribution in [0.4, 0.5) is 0 Å². The average molecular weight is 239 g/mol. The van der Waals surface area contributed by atoms with E-state index in [0.29, 0.717) is 5.92 Å². The van der Waals surface area contributed by atoms with E-state index in [9.17, 15) is 0 Å². The molecule has 2 rings (SSSR count). The second-order valence-corrected chi connectivity index (χ2v) is 5.83. The fourth-order valence-corrected chi connectivity index (χ4v) is 2.10. The fraction of sp³-hybridized carbons (Fsp3) is 0.353. The largest absolute Gasteiger partial charge is 0.287 e. The Bertz CT molecular complexity index is 513. The van der Waals surface area contributed by atoms with E-state index in [1.165, 1.54) is 16.7 Å². The van der Waals surface area contributed by atoms with Gasteiger partial charge in [0.15, 0.2) is 0 Å². The van der Waals surface area contributed by atoms with Crippen LogP contribution < -0.4 is 0 Å². The number of hydrogen-bond donors (Lipinski definition) is 0. The SMILES string of the molecule is CC1=CC=CC1c1ccccc1C=NC(C)(C)C. The van der Waals surface area contributed by atoms with Gasteiger partial charge in [-0.15, -0.1) is 0 Å². The van der Waals surface area contributed by atoms with Crippen molar-refractivity contribution >= 4 is 6.21 Å². The molecule has 0 saturated heterocycles. The van der Waals surface area contributed by atoms with Crippen molar-refractivity contribution in [2.75, 3.05) is 0 Å². The lowest BCUT2D eigenvalue weighted by Gasteiger charge is -2.15. The summed E-state index contributed by atoms with van der Waals surface area (Å²) in [7, 11) is 0. The Labute approximate surface area is 110 Å². The van der Waals surface area contributed by atoms with Crippen LogP contribution >= 0.6 is 0 Å². The zero-order valence-electron chi connectivity index (χ0n) is 11.6. The number of rotatable bonds is 2. The van der Waals surface area contributed by atoms with Gasteiger partial charge in [0.05, 0.1) is 5.54 Å². The molecule has 0 radical (unpaired) electrons. The lowest BCUT2D eigenvalue weighted by atomic mass is 9.91. The molecule has 0 bridgehead atoms. The minimum absolute atomic E-state index is 0.0243. The zero-order chi connectivity index (χ0) is 13.2. The molecule has 1 aliphatic rings. The summed E-state index contributed by atoms with van der Waals surface area (Å²) in [5.74, 6) is 0.410. The molecule has 0 aliphatic heterocycles. The highest BCUT2D eigenvalue weighted by Crippen LogP contribution is 2.31. The summed E-state index contributed by atoms with van der Waals surface area (Å²) in [6.07, 6.45) is 8.58. The maximum Gasteiger partial charge on any atom is 0.0524 e. The molecule has 0 amide bonds. The third-order valence-corrected chi connectivity index (χ3v) is 3.08. The smallest absolute Gasteiger partial charge is 0.0524 e. The Morgan fingerprint density at radius 2 is 1.89 bits per heavy atom. The summed E-state index contributed by atoms with van der Waals surface area (Å²) >= 11 is 0. The fourth-order valence-electron chi connectivity index (χ4n) is 2.10. The van der Waals surface area contributed by atoms with Crippen molar-refractivity contribution in [1.29, 1.82) is 0 Å². The summed E-state index contributed by atoms with van der Waals surface area (Å²) in [5.41, 5.74) is 3.93. The highest BCUT2D eigenvalue weighted by atomic mass is 14.8. The van der Waals surface area contributed by atoms with E-state index in [1.54, 1.807) is 0 Å². The van der Waals surface area contributed by atoms with Crippen LogP contribution in [-0.2, 0) is 0 Å². The number of hydrogen-bond acceptors (Lipinski definition) is 1. The van der Waals surface area contributed by atoms with Gasteiger partial charge in [-0.3, -0.25) is 4.99 Å². The molecule has 1 aromatic rings. The molecular formula is C17H21N. The van der Waals surface area contributed by atoms with Crippen LogP contribution in [0, 0.1) is 0 Å². The number of aliphatic imine (C=N–C) groups is 1. The third-order valence-electron chi connectivity index (χ3n) is 3.08. The quantitative estimate of drug-likeness (QED) is 0.674. The standard InChI is InChI=1S/C17H21N/c1-13-8-7-11-15(13)16-10-6-5-9-14(16)12-18-17(2,3)4/h5-12,15H,1-4H3. The molecule has 0 N–H and O–H groups in total. The Morgan fingerprint density at radius 1 is 1.17 bits per heavy atom. The number of benzene rings is 1. The number of allylic oxidation sites excluding steroid dienone is 4. The first-order valence-electron chi connectivity index (χ1n) is 6.46. The highest BCUT2D eigenvalue weighted by Gasteiger charge is 2.16. The maximum atomic E-state index is 4.62. The van der Waals surface area contributed by atoms with Crippen molar-refractivity contribution in [3.8, 4) is 0 Å². The van der Waals surface area contributed by atoms with E-state index in [2.05, 4.69) is 75.2 Å². The number of nitrogens with zero attached hydrogens (tertiary/aromatic N) is 1. The Kier molecular flexibility index (Phi) is 3.51. The molecular weight excluding hydrogens is 218 g/mol. The van der Waals surface area contributed by atoms with Crippen molar-refractivity contribution in [2.45, 2.75) is 39.2 Å². The minimum Gasteiger partial charge on any atom is -0.287 e. The van der Waals surface area contributed by atoms with Crippen LogP contribution in [0.2, 0.25) is 0 Å². The van der Waals surface area contributed by atoms with Gasteiger partial charge in [0.2, 0.25) is 0 Å². The molecule has 1 nitrogen and oxygen atoms in total. The second kappa shape index (κ2) is 4.93. The van der Waals surface area contributed by atoms with E-state index in [0.717, 1.165) is 0 Å². The molecule has 1 heteroatoms. The first-order chi connectivity index (χ1) is 8.47. The first kappa shape index (κ1) is 12.8. The second-order valence-electron chi connectivity index (χ2n) is 5.83. The molecule has 0 aromatic heterocycles. The van der Waals surface area contributed by atoms with Crippen molar-refractivity contribution in [3.63, 3.8) is 0 Å². The van der Waals surface area contributed by atoms with Crippen molar-refractivity contribution in [3.05, 3.63) is 59.2 Å². The maximum absolute atomic E-state index is 4.62. The van der Waals surface area contributed by atoms with Crippen LogP contribution in [0.15, 0.2) is 53.1 Å². The van der Waals surface area contributed by atoms with E-state index in [-0.39, 0.29) is 5.54 Å². The van der Waals surface area contributed by atoms with Gasteiger partial charge < -0.3 is 0 Å². The normalized spacial score (nSPS) is 19.6. The van der Waals surface area contributed by atoms with Gasteiger partial charge in [-0.1, -0.05) is 48.1 Å². The summed E-state index contributed by atoms with van der Waals surface area (Å²) < 4.78 is 0. The first-order valence-corrected chi connectivity index (χ1v) is 6.46. The molecule has 1 atom stereocenters. The van der Waals surface area contributed by atoms with Crippen LogP contribution in [0.25, 0.3) is 0 Å². The van der Waals surface area contributed by atoms with E-state index in [4.69, 9.17) is 0 Å². The minimum atomic E-state index is -0.0243. The van der Waals surface area contributed by atoms with E-state index >= 15 is 0 Å². The predicted octanol–water partition coefficient (Wildman–Crippen LogP) is 4.50. The zero-order valence-corrected chi connectivity index (χ0v) is 11.6. The van der Waals surface area contributed by atoms with Gasteiger partial charge >= 0.3 is 0 Å². The predicted molar refractivity (Wildman–Crippen MR) is 79.4 cm³/mol. The molecule has 1 unspecified atom stereocenters. The average Bonchev–Trinajstić information content (AvgIpc) is 2.72. The van der Waals surface area contributed by atoms with Crippen LogP contribution in [0.1, 0.15) is 44.7 Å². The van der Waals surface area contributed by atoms with Crippen LogP contribution in [0.5, 0.6) is 0 Å². The molecule has 0 saturated carbocycles. The van der Waals surface area contributed by atoms with Gasteiger partial charge in [0.1, 0.15) is 0 Å². The Morgan fingerprint density at radius 3 is 2.50 bits per heavy atom. The van der Waals surface area contributed by atoms with Gasteiger partial charge in [0.25, 0.3) is 0 Å². The summed E-state index contributed by atoms with van der Waals surface area (Å²) in [4.78, 5) is 4.62. The molecule has 1 aliphatic carbocycles. The molecule has 1 aromatic carbocycles. The van der Waals surface area contributed by atoms with Crippen LogP contribution in [-0.4, -0.2) is 11.8 Å². The third kappa shape index (κ3) is 2.98. The topological polar surface area (TPSA) is 12.4 Å². The lowest BCUT2D eigenvalue weighted by Crippen LogP contribution is -2.10. The van der Waals surface area contributed by atoms with E-state index < -0.39 is 0 Å². The molecule has 18 heavy (non-hydrogen) atoms. The Balaban J connectivity index is 2.35. The van der Waals surface area contributed by atoms with E-state index in [1.807, 2.05) is 6.21 Å². The van der Waals surface area contributed by atoms with Gasteiger partial charge in [-0.05, 0) is 38.8 Å². The van der Waals surface area contributed by atoms with Crippen LogP contribution in [0.3, 0.4) is 0 Å². The molecule has 94 valence electrons. The highest BCUT2D eigenvalue weighted by molar-refractivity contribution is 5.83.